The molecule has 0 atom stereocenters. The lowest BCUT2D eigenvalue weighted by Gasteiger charge is -2.12. The van der Waals surface area contributed by atoms with Gasteiger partial charge in [-0.2, -0.15) is 0 Å². The zero-order valence-electron chi connectivity index (χ0n) is 11.4. The topological polar surface area (TPSA) is 55.8 Å². The minimum atomic E-state index is -0.965. The lowest BCUT2D eigenvalue weighted by atomic mass is 10.1. The summed E-state index contributed by atoms with van der Waals surface area (Å²) in [6.45, 7) is 3.27. The summed E-state index contributed by atoms with van der Waals surface area (Å²) in [5, 5.41) is 8.67. The van der Waals surface area contributed by atoms with E-state index in [0.29, 0.717) is 6.61 Å². The predicted octanol–water partition coefficient (Wildman–Crippen LogP) is 2.90. The van der Waals surface area contributed by atoms with Crippen LogP contribution in [0.3, 0.4) is 0 Å². The van der Waals surface area contributed by atoms with Crippen LogP contribution in [0.25, 0.3) is 6.08 Å². The predicted molar refractivity (Wildman–Crippen MR) is 74.5 cm³/mol. The first kappa shape index (κ1) is 15.2. The van der Waals surface area contributed by atoms with Gasteiger partial charge in [0.2, 0.25) is 0 Å². The van der Waals surface area contributed by atoms with Crippen molar-refractivity contribution in [1.82, 2.24) is 0 Å². The maximum Gasteiger partial charge on any atom is 0.328 e. The highest BCUT2D eigenvalue weighted by atomic mass is 16.5. The van der Waals surface area contributed by atoms with Crippen molar-refractivity contribution in [3.63, 3.8) is 0 Å². The Bertz CT molecular complexity index is 438. The summed E-state index contributed by atoms with van der Waals surface area (Å²) < 4.78 is 10.7. The van der Waals surface area contributed by atoms with Gasteiger partial charge < -0.3 is 14.6 Å². The Morgan fingerprint density at radius 2 is 2.05 bits per heavy atom. The molecular formula is C15H20O4. The van der Waals surface area contributed by atoms with E-state index in [1.165, 1.54) is 0 Å². The number of hydrogen-bond donors (Lipinski definition) is 1. The van der Waals surface area contributed by atoms with Crippen molar-refractivity contribution in [2.75, 3.05) is 20.3 Å². The standard InChI is InChI=1S/C15H20O4/c1-12-6-5-7-13(8-9-14(16)17)15(12)19-11-4-3-10-18-2/h5-9H,3-4,10-11H2,1-2H3,(H,16,17)/b9-8+. The van der Waals surface area contributed by atoms with Gasteiger partial charge in [-0.3, -0.25) is 0 Å². The molecule has 1 aromatic carbocycles. The lowest BCUT2D eigenvalue weighted by molar-refractivity contribution is -0.131. The number of ether oxygens (including phenoxy) is 2. The molecule has 0 heterocycles. The van der Waals surface area contributed by atoms with Crippen LogP contribution < -0.4 is 4.74 Å². The number of unbranched alkanes of at least 4 members (excludes halogenated alkanes) is 1. The molecule has 19 heavy (non-hydrogen) atoms. The molecule has 0 bridgehead atoms. The molecule has 0 aliphatic carbocycles. The molecule has 0 fully saturated rings. The maximum absolute atomic E-state index is 10.6. The van der Waals surface area contributed by atoms with Crippen molar-refractivity contribution in [3.8, 4) is 5.75 Å². The Morgan fingerprint density at radius 3 is 2.74 bits per heavy atom. The Kier molecular flexibility index (Phi) is 6.68. The van der Waals surface area contributed by atoms with E-state index in [2.05, 4.69) is 0 Å². The van der Waals surface area contributed by atoms with E-state index in [1.807, 2.05) is 25.1 Å². The first-order valence-corrected chi connectivity index (χ1v) is 6.27. The number of para-hydroxylation sites is 1. The zero-order valence-corrected chi connectivity index (χ0v) is 11.4. The molecule has 0 aliphatic heterocycles. The normalized spacial score (nSPS) is 10.8. The second-order valence-electron chi connectivity index (χ2n) is 4.21. The summed E-state index contributed by atoms with van der Waals surface area (Å²) in [5.41, 5.74) is 1.79. The number of rotatable bonds is 8. The van der Waals surface area contributed by atoms with E-state index < -0.39 is 5.97 Å². The molecule has 0 aromatic heterocycles. The molecule has 104 valence electrons. The summed E-state index contributed by atoms with van der Waals surface area (Å²) in [6.07, 6.45) is 4.53. The lowest BCUT2D eigenvalue weighted by Crippen LogP contribution is -2.02. The number of hydrogen-bond acceptors (Lipinski definition) is 3. The Morgan fingerprint density at radius 1 is 1.32 bits per heavy atom. The monoisotopic (exact) mass is 264 g/mol. The second kappa shape index (κ2) is 8.32. The Balaban J connectivity index is 2.66. The Labute approximate surface area is 113 Å². The number of carbonyl (C=O) groups is 1. The minimum Gasteiger partial charge on any atom is -0.493 e. The SMILES string of the molecule is COCCCCOc1c(C)cccc1/C=C/C(=O)O. The first-order valence-electron chi connectivity index (χ1n) is 6.27. The van der Waals surface area contributed by atoms with Crippen molar-refractivity contribution in [2.45, 2.75) is 19.8 Å². The molecule has 0 unspecified atom stereocenters. The van der Waals surface area contributed by atoms with Gasteiger partial charge >= 0.3 is 5.97 Å². The fourth-order valence-electron chi connectivity index (χ4n) is 1.69. The largest absolute Gasteiger partial charge is 0.493 e. The molecule has 0 aliphatic rings. The van der Waals surface area contributed by atoms with E-state index in [9.17, 15) is 4.79 Å². The highest BCUT2D eigenvalue weighted by Crippen LogP contribution is 2.24. The quantitative estimate of drug-likeness (QED) is 0.579. The van der Waals surface area contributed by atoms with Crippen LogP contribution in [0, 0.1) is 6.92 Å². The average molecular weight is 264 g/mol. The van der Waals surface area contributed by atoms with Gasteiger partial charge in [-0.05, 0) is 31.4 Å². The summed E-state index contributed by atoms with van der Waals surface area (Å²) >= 11 is 0. The third kappa shape index (κ3) is 5.57. The van der Waals surface area contributed by atoms with Gasteiger partial charge in [0.1, 0.15) is 5.75 Å². The number of carboxylic acid groups (broad SMARTS) is 1. The summed E-state index contributed by atoms with van der Waals surface area (Å²) in [4.78, 5) is 10.6. The molecule has 0 amide bonds. The molecule has 0 spiro atoms. The fraction of sp³-hybridized carbons (Fsp3) is 0.400. The zero-order chi connectivity index (χ0) is 14.1. The molecule has 0 saturated carbocycles. The van der Waals surface area contributed by atoms with Gasteiger partial charge in [-0.15, -0.1) is 0 Å². The van der Waals surface area contributed by atoms with Gasteiger partial charge in [0, 0.05) is 25.4 Å². The molecule has 1 aromatic rings. The smallest absolute Gasteiger partial charge is 0.328 e. The molecule has 1 N–H and O–H groups in total. The van der Waals surface area contributed by atoms with E-state index in [4.69, 9.17) is 14.6 Å². The third-order valence-corrected chi connectivity index (χ3v) is 2.64. The summed E-state index contributed by atoms with van der Waals surface area (Å²) in [6, 6.07) is 5.67. The molecule has 1 rings (SSSR count). The van der Waals surface area contributed by atoms with Crippen LogP contribution in [-0.4, -0.2) is 31.4 Å². The molecule has 4 nitrogen and oxygen atoms in total. The van der Waals surface area contributed by atoms with Gasteiger partial charge in [0.05, 0.1) is 6.61 Å². The highest BCUT2D eigenvalue weighted by molar-refractivity contribution is 5.86. The van der Waals surface area contributed by atoms with Crippen LogP contribution in [0.4, 0.5) is 0 Å². The molecule has 4 heteroatoms. The van der Waals surface area contributed by atoms with Gasteiger partial charge in [-0.25, -0.2) is 4.79 Å². The van der Waals surface area contributed by atoms with E-state index in [-0.39, 0.29) is 0 Å². The van der Waals surface area contributed by atoms with Crippen LogP contribution in [0.5, 0.6) is 5.75 Å². The number of methoxy groups -OCH3 is 1. The van der Waals surface area contributed by atoms with E-state index in [1.54, 1.807) is 13.2 Å². The fourth-order valence-corrected chi connectivity index (χ4v) is 1.69. The van der Waals surface area contributed by atoms with Crippen molar-refractivity contribution >= 4 is 12.0 Å². The molecule has 0 radical (unpaired) electrons. The average Bonchev–Trinajstić information content (AvgIpc) is 2.38. The van der Waals surface area contributed by atoms with Crippen molar-refractivity contribution < 1.29 is 19.4 Å². The Hall–Kier alpha value is -1.81. The first-order chi connectivity index (χ1) is 9.15. The van der Waals surface area contributed by atoms with Gasteiger partial charge in [0.25, 0.3) is 0 Å². The number of aryl methyl sites for hydroxylation is 1. The van der Waals surface area contributed by atoms with E-state index >= 15 is 0 Å². The van der Waals surface area contributed by atoms with Crippen LogP contribution in [0.2, 0.25) is 0 Å². The van der Waals surface area contributed by atoms with Crippen LogP contribution in [0.15, 0.2) is 24.3 Å². The number of carboxylic acids is 1. The highest BCUT2D eigenvalue weighted by Gasteiger charge is 2.04. The van der Waals surface area contributed by atoms with Crippen molar-refractivity contribution in [2.24, 2.45) is 0 Å². The number of benzene rings is 1. The molecule has 0 saturated heterocycles. The van der Waals surface area contributed by atoms with Gasteiger partial charge in [0.15, 0.2) is 0 Å². The summed E-state index contributed by atoms with van der Waals surface area (Å²) in [7, 11) is 1.68. The van der Waals surface area contributed by atoms with Crippen molar-refractivity contribution in [1.29, 1.82) is 0 Å². The maximum atomic E-state index is 10.6. The summed E-state index contributed by atoms with van der Waals surface area (Å²) in [5.74, 6) is -0.218. The van der Waals surface area contributed by atoms with Crippen LogP contribution >= 0.6 is 0 Å². The van der Waals surface area contributed by atoms with Crippen molar-refractivity contribution in [3.05, 3.63) is 35.4 Å². The van der Waals surface area contributed by atoms with Crippen LogP contribution in [-0.2, 0) is 9.53 Å². The second-order valence-corrected chi connectivity index (χ2v) is 4.21. The minimum absolute atomic E-state index is 0.599. The third-order valence-electron chi connectivity index (χ3n) is 2.64. The molecular weight excluding hydrogens is 244 g/mol. The van der Waals surface area contributed by atoms with E-state index in [0.717, 1.165) is 42.4 Å². The number of aliphatic carboxylic acids is 1. The van der Waals surface area contributed by atoms with Gasteiger partial charge in [-0.1, -0.05) is 18.2 Å². The van der Waals surface area contributed by atoms with Crippen LogP contribution in [0.1, 0.15) is 24.0 Å².